The number of benzene rings is 2. The van der Waals surface area contributed by atoms with Crippen LogP contribution in [0.4, 0.5) is 29.3 Å². The van der Waals surface area contributed by atoms with Crippen LogP contribution in [0.5, 0.6) is 5.75 Å². The molecule has 1 fully saturated rings. The number of ether oxygens (including phenoxy) is 1. The second kappa shape index (κ2) is 7.79. The SMILES string of the molecule is Cc1ccc(N2C[C@@H](NC(=O)Nc3ccc(OC(F)(F)F)cc3)CC2=O)cc1. The van der Waals surface area contributed by atoms with E-state index in [4.69, 9.17) is 0 Å². The summed E-state index contributed by atoms with van der Waals surface area (Å²) in [6, 6.07) is 11.4. The predicted molar refractivity (Wildman–Crippen MR) is 97.2 cm³/mol. The molecule has 0 aliphatic carbocycles. The van der Waals surface area contributed by atoms with Gasteiger partial charge in [-0.2, -0.15) is 0 Å². The van der Waals surface area contributed by atoms with Gasteiger partial charge in [0.05, 0.1) is 6.04 Å². The third-order valence-electron chi connectivity index (χ3n) is 4.15. The lowest BCUT2D eigenvalue weighted by atomic mass is 10.2. The van der Waals surface area contributed by atoms with Crippen molar-refractivity contribution in [3.8, 4) is 5.75 Å². The Kier molecular flexibility index (Phi) is 5.43. The third kappa shape index (κ3) is 5.15. The first-order chi connectivity index (χ1) is 13.2. The van der Waals surface area contributed by atoms with Gasteiger partial charge in [0.2, 0.25) is 5.91 Å². The van der Waals surface area contributed by atoms with E-state index in [0.29, 0.717) is 12.2 Å². The standard InChI is InChI=1S/C19H18F3N3O3/c1-12-2-6-15(7-3-12)25-11-14(10-17(25)26)24-18(27)23-13-4-8-16(9-5-13)28-19(20,21)22/h2-9,14H,10-11H2,1H3,(H2,23,24,27)/t14-/m0/s1. The number of amides is 3. The van der Waals surface area contributed by atoms with Crippen molar-refractivity contribution in [2.24, 2.45) is 0 Å². The highest BCUT2D eigenvalue weighted by molar-refractivity contribution is 5.97. The topological polar surface area (TPSA) is 70.7 Å². The van der Waals surface area contributed by atoms with Crippen LogP contribution >= 0.6 is 0 Å². The van der Waals surface area contributed by atoms with Crippen LogP contribution in [0.3, 0.4) is 0 Å². The molecule has 1 saturated heterocycles. The number of alkyl halides is 3. The molecule has 1 aliphatic heterocycles. The number of hydrogen-bond acceptors (Lipinski definition) is 3. The first-order valence-corrected chi connectivity index (χ1v) is 8.50. The number of rotatable bonds is 4. The summed E-state index contributed by atoms with van der Waals surface area (Å²) in [5.74, 6) is -0.476. The van der Waals surface area contributed by atoms with E-state index in [9.17, 15) is 22.8 Å². The second-order valence-corrected chi connectivity index (χ2v) is 6.41. The molecule has 3 amide bonds. The minimum absolute atomic E-state index is 0.0946. The fraction of sp³-hybridized carbons (Fsp3) is 0.263. The molecule has 2 N–H and O–H groups in total. The average molecular weight is 393 g/mol. The molecular formula is C19H18F3N3O3. The van der Waals surface area contributed by atoms with Crippen LogP contribution in [0, 0.1) is 6.92 Å². The van der Waals surface area contributed by atoms with Gasteiger partial charge < -0.3 is 20.3 Å². The van der Waals surface area contributed by atoms with Crippen molar-refractivity contribution in [2.45, 2.75) is 25.7 Å². The zero-order valence-corrected chi connectivity index (χ0v) is 14.9. The molecular weight excluding hydrogens is 375 g/mol. The minimum Gasteiger partial charge on any atom is -0.406 e. The lowest BCUT2D eigenvalue weighted by Gasteiger charge is -2.17. The van der Waals surface area contributed by atoms with Gasteiger partial charge in [-0.15, -0.1) is 13.2 Å². The van der Waals surface area contributed by atoms with Gasteiger partial charge in [-0.25, -0.2) is 4.79 Å². The Hall–Kier alpha value is -3.23. The Bertz CT molecular complexity index is 851. The van der Waals surface area contributed by atoms with Crippen molar-refractivity contribution in [3.05, 3.63) is 54.1 Å². The Balaban J connectivity index is 1.54. The van der Waals surface area contributed by atoms with Gasteiger partial charge >= 0.3 is 12.4 Å². The highest BCUT2D eigenvalue weighted by Gasteiger charge is 2.32. The molecule has 1 atom stereocenters. The largest absolute Gasteiger partial charge is 0.573 e. The third-order valence-corrected chi connectivity index (χ3v) is 4.15. The van der Waals surface area contributed by atoms with E-state index in [0.717, 1.165) is 23.4 Å². The van der Waals surface area contributed by atoms with E-state index in [1.54, 1.807) is 4.90 Å². The number of carbonyl (C=O) groups is 2. The molecule has 28 heavy (non-hydrogen) atoms. The molecule has 3 rings (SSSR count). The zero-order valence-electron chi connectivity index (χ0n) is 14.9. The molecule has 9 heteroatoms. The van der Waals surface area contributed by atoms with E-state index >= 15 is 0 Å². The summed E-state index contributed by atoms with van der Waals surface area (Å²) in [5.41, 5.74) is 2.14. The molecule has 1 heterocycles. The van der Waals surface area contributed by atoms with Crippen molar-refractivity contribution in [1.29, 1.82) is 0 Å². The number of carbonyl (C=O) groups excluding carboxylic acids is 2. The Morgan fingerprint density at radius 3 is 2.36 bits per heavy atom. The molecule has 0 unspecified atom stereocenters. The Morgan fingerprint density at radius 1 is 1.11 bits per heavy atom. The van der Waals surface area contributed by atoms with Crippen molar-refractivity contribution < 1.29 is 27.5 Å². The summed E-state index contributed by atoms with van der Waals surface area (Å²) in [5, 5.41) is 5.22. The lowest BCUT2D eigenvalue weighted by Crippen LogP contribution is -2.39. The maximum Gasteiger partial charge on any atom is 0.573 e. The second-order valence-electron chi connectivity index (χ2n) is 6.41. The zero-order chi connectivity index (χ0) is 20.3. The minimum atomic E-state index is -4.77. The van der Waals surface area contributed by atoms with Crippen molar-refractivity contribution in [2.75, 3.05) is 16.8 Å². The molecule has 0 saturated carbocycles. The number of anilines is 2. The normalized spacial score (nSPS) is 16.8. The summed E-state index contributed by atoms with van der Waals surface area (Å²) >= 11 is 0. The van der Waals surface area contributed by atoms with Crippen molar-refractivity contribution in [1.82, 2.24) is 5.32 Å². The average Bonchev–Trinajstić information content (AvgIpc) is 2.96. The molecule has 0 spiro atoms. The van der Waals surface area contributed by atoms with Crippen LogP contribution in [-0.2, 0) is 4.79 Å². The maximum atomic E-state index is 12.2. The highest BCUT2D eigenvalue weighted by atomic mass is 19.4. The van der Waals surface area contributed by atoms with E-state index in [1.807, 2.05) is 31.2 Å². The van der Waals surface area contributed by atoms with Crippen LogP contribution < -0.4 is 20.3 Å². The van der Waals surface area contributed by atoms with E-state index < -0.39 is 12.4 Å². The fourth-order valence-corrected chi connectivity index (χ4v) is 2.87. The number of aryl methyl sites for hydroxylation is 1. The first kappa shape index (κ1) is 19.5. The summed E-state index contributed by atoms with van der Waals surface area (Å²) < 4.78 is 40.2. The van der Waals surface area contributed by atoms with Crippen LogP contribution in [0.25, 0.3) is 0 Å². The van der Waals surface area contributed by atoms with Gasteiger partial charge in [-0.3, -0.25) is 4.79 Å². The molecule has 1 aliphatic rings. The fourth-order valence-electron chi connectivity index (χ4n) is 2.87. The van der Waals surface area contributed by atoms with Gasteiger partial charge in [-0.05, 0) is 43.3 Å². The number of nitrogens with one attached hydrogen (secondary N) is 2. The summed E-state index contributed by atoms with van der Waals surface area (Å²) in [6.07, 6.45) is -4.61. The molecule has 6 nitrogen and oxygen atoms in total. The Morgan fingerprint density at radius 2 is 1.75 bits per heavy atom. The van der Waals surface area contributed by atoms with Gasteiger partial charge in [0.15, 0.2) is 0 Å². The lowest BCUT2D eigenvalue weighted by molar-refractivity contribution is -0.274. The number of hydrogen-bond donors (Lipinski definition) is 2. The summed E-state index contributed by atoms with van der Waals surface area (Å²) in [4.78, 5) is 25.9. The predicted octanol–water partition coefficient (Wildman–Crippen LogP) is 3.82. The molecule has 0 bridgehead atoms. The molecule has 148 valence electrons. The van der Waals surface area contributed by atoms with Gasteiger partial charge in [-0.1, -0.05) is 17.7 Å². The van der Waals surface area contributed by atoms with E-state index in [1.165, 1.54) is 12.1 Å². The van der Waals surface area contributed by atoms with Crippen LogP contribution in [0.1, 0.15) is 12.0 Å². The molecule has 2 aromatic rings. The van der Waals surface area contributed by atoms with Crippen molar-refractivity contribution >= 4 is 23.3 Å². The highest BCUT2D eigenvalue weighted by Crippen LogP contribution is 2.24. The van der Waals surface area contributed by atoms with Gasteiger partial charge in [0, 0.05) is 24.3 Å². The number of urea groups is 1. The van der Waals surface area contributed by atoms with Crippen LogP contribution in [0.2, 0.25) is 0 Å². The smallest absolute Gasteiger partial charge is 0.406 e. The molecule has 2 aromatic carbocycles. The van der Waals surface area contributed by atoms with E-state index in [2.05, 4.69) is 15.4 Å². The van der Waals surface area contributed by atoms with Gasteiger partial charge in [0.25, 0.3) is 0 Å². The maximum absolute atomic E-state index is 12.2. The Labute approximate surface area is 159 Å². The quantitative estimate of drug-likeness (QED) is 0.830. The molecule has 0 aromatic heterocycles. The monoisotopic (exact) mass is 393 g/mol. The molecule has 0 radical (unpaired) electrons. The number of halogens is 3. The first-order valence-electron chi connectivity index (χ1n) is 8.50. The van der Waals surface area contributed by atoms with E-state index in [-0.39, 0.29) is 24.1 Å². The summed E-state index contributed by atoms with van der Waals surface area (Å²) in [7, 11) is 0. The van der Waals surface area contributed by atoms with Crippen LogP contribution in [0.15, 0.2) is 48.5 Å². The van der Waals surface area contributed by atoms with Gasteiger partial charge in [0.1, 0.15) is 5.75 Å². The summed E-state index contributed by atoms with van der Waals surface area (Å²) in [6.45, 7) is 2.29. The van der Waals surface area contributed by atoms with Crippen molar-refractivity contribution in [3.63, 3.8) is 0 Å². The number of nitrogens with zero attached hydrogens (tertiary/aromatic N) is 1. The van der Waals surface area contributed by atoms with Crippen LogP contribution in [-0.4, -0.2) is 30.9 Å².